The van der Waals surface area contributed by atoms with Gasteiger partial charge in [-0.25, -0.2) is 13.2 Å². The van der Waals surface area contributed by atoms with Gasteiger partial charge in [-0.05, 0) is 30.7 Å². The number of carbonyl (C=O) groups is 1. The van der Waals surface area contributed by atoms with Gasteiger partial charge in [-0.3, -0.25) is 9.71 Å². The van der Waals surface area contributed by atoms with Crippen LogP contribution < -0.4 is 10.0 Å². The molecular weight excluding hydrogens is 326 g/mol. The maximum atomic E-state index is 12.5. The summed E-state index contributed by atoms with van der Waals surface area (Å²) >= 11 is 1.00. The Morgan fingerprint density at radius 3 is 2.95 bits per heavy atom. The van der Waals surface area contributed by atoms with Gasteiger partial charge in [0.1, 0.15) is 0 Å². The number of nitrogens with one attached hydrogen (secondary N) is 2. The van der Waals surface area contributed by atoms with E-state index in [0.29, 0.717) is 30.8 Å². The fourth-order valence-corrected chi connectivity index (χ4v) is 5.25. The number of aromatic carboxylic acids is 1. The molecule has 1 aliphatic rings. The largest absolute Gasteiger partial charge is 0.478 e. The Morgan fingerprint density at radius 2 is 2.27 bits per heavy atom. The van der Waals surface area contributed by atoms with Gasteiger partial charge in [-0.2, -0.15) is 0 Å². The quantitative estimate of drug-likeness (QED) is 0.774. The number of carboxylic acid groups (broad SMARTS) is 1. The van der Waals surface area contributed by atoms with Crippen LogP contribution in [0.2, 0.25) is 0 Å². The molecule has 9 heteroatoms. The van der Waals surface area contributed by atoms with Crippen molar-refractivity contribution in [2.45, 2.75) is 17.2 Å². The number of pyridine rings is 1. The van der Waals surface area contributed by atoms with E-state index < -0.39 is 16.0 Å². The highest BCUT2D eigenvalue weighted by Gasteiger charge is 2.31. The van der Waals surface area contributed by atoms with Crippen molar-refractivity contribution in [3.8, 4) is 0 Å². The van der Waals surface area contributed by atoms with Crippen molar-refractivity contribution in [3.63, 3.8) is 0 Å². The zero-order valence-electron chi connectivity index (χ0n) is 11.4. The Balaban J connectivity index is 2.07. The Kier molecular flexibility index (Phi) is 3.85. The highest BCUT2D eigenvalue weighted by atomic mass is 32.2. The molecule has 2 aromatic heterocycles. The number of rotatable bonds is 4. The minimum absolute atomic E-state index is 0.113. The lowest BCUT2D eigenvalue weighted by molar-refractivity contribution is 0.0692. The molecule has 0 saturated carbocycles. The molecule has 0 atom stereocenters. The van der Waals surface area contributed by atoms with Gasteiger partial charge in [0.05, 0.1) is 17.4 Å². The number of anilines is 1. The average Bonchev–Trinajstić information content (AvgIpc) is 2.88. The van der Waals surface area contributed by atoms with Gasteiger partial charge in [0, 0.05) is 17.6 Å². The molecule has 0 amide bonds. The average molecular weight is 339 g/mol. The summed E-state index contributed by atoms with van der Waals surface area (Å²) in [6, 6.07) is 3.15. The van der Waals surface area contributed by atoms with Gasteiger partial charge in [0.25, 0.3) is 10.0 Å². The first kappa shape index (κ1) is 14.9. The predicted octanol–water partition coefficient (Wildman–Crippen LogP) is 1.29. The summed E-state index contributed by atoms with van der Waals surface area (Å²) in [7, 11) is -3.96. The number of sulfonamides is 1. The fourth-order valence-electron chi connectivity index (χ4n) is 2.34. The van der Waals surface area contributed by atoms with Crippen LogP contribution in [0.4, 0.5) is 5.69 Å². The third-order valence-electron chi connectivity index (χ3n) is 3.27. The third kappa shape index (κ3) is 2.70. The summed E-state index contributed by atoms with van der Waals surface area (Å²) in [6.07, 6.45) is 3.40. The lowest BCUT2D eigenvalue weighted by Gasteiger charge is -2.12. The van der Waals surface area contributed by atoms with Crippen molar-refractivity contribution in [2.75, 3.05) is 11.3 Å². The monoisotopic (exact) mass is 339 g/mol. The van der Waals surface area contributed by atoms with Gasteiger partial charge in [0.2, 0.25) is 0 Å². The number of nitrogens with zero attached hydrogens (tertiary/aromatic N) is 1. The summed E-state index contributed by atoms with van der Waals surface area (Å²) in [5, 5.41) is 12.5. The molecule has 0 unspecified atom stereocenters. The lowest BCUT2D eigenvalue weighted by Crippen LogP contribution is -2.23. The Labute approximate surface area is 131 Å². The van der Waals surface area contributed by atoms with Crippen LogP contribution in [0.3, 0.4) is 0 Å². The van der Waals surface area contributed by atoms with Crippen LogP contribution in [0, 0.1) is 0 Å². The molecule has 7 nitrogen and oxygen atoms in total. The molecule has 0 aromatic carbocycles. The van der Waals surface area contributed by atoms with Crippen LogP contribution in [-0.2, 0) is 23.0 Å². The SMILES string of the molecule is O=C(O)c1c(S(=O)(=O)Nc2cccnc2)sc2c1CCNC2. The van der Waals surface area contributed by atoms with Gasteiger partial charge in [-0.1, -0.05) is 0 Å². The van der Waals surface area contributed by atoms with Crippen molar-refractivity contribution in [1.82, 2.24) is 10.3 Å². The van der Waals surface area contributed by atoms with Crippen molar-refractivity contribution in [1.29, 1.82) is 0 Å². The zero-order chi connectivity index (χ0) is 15.7. The summed E-state index contributed by atoms with van der Waals surface area (Å²) in [5.41, 5.74) is 0.795. The normalized spacial score (nSPS) is 14.4. The fraction of sp³-hybridized carbons (Fsp3) is 0.231. The molecule has 0 saturated heterocycles. The number of aromatic nitrogens is 1. The molecule has 3 heterocycles. The van der Waals surface area contributed by atoms with Crippen LogP contribution in [0.5, 0.6) is 0 Å². The first-order valence-corrected chi connectivity index (χ1v) is 8.80. The molecule has 2 aromatic rings. The van der Waals surface area contributed by atoms with Gasteiger partial charge >= 0.3 is 5.97 Å². The van der Waals surface area contributed by atoms with Gasteiger partial charge < -0.3 is 10.4 Å². The topological polar surface area (TPSA) is 108 Å². The maximum absolute atomic E-state index is 12.5. The van der Waals surface area contributed by atoms with Gasteiger partial charge in [-0.15, -0.1) is 11.3 Å². The van der Waals surface area contributed by atoms with Gasteiger partial charge in [0.15, 0.2) is 4.21 Å². The van der Waals surface area contributed by atoms with E-state index in [9.17, 15) is 18.3 Å². The molecule has 3 N–H and O–H groups in total. The molecule has 22 heavy (non-hydrogen) atoms. The molecule has 0 spiro atoms. The molecular formula is C13H13N3O4S2. The standard InChI is InChI=1S/C13H13N3O4S2/c17-12(18)11-9-3-5-15-7-10(9)21-13(11)22(19,20)16-8-2-1-4-14-6-8/h1-2,4,6,15-16H,3,5,7H2,(H,17,18). The van der Waals surface area contributed by atoms with Crippen molar-refractivity contribution < 1.29 is 18.3 Å². The Morgan fingerprint density at radius 1 is 1.45 bits per heavy atom. The predicted molar refractivity (Wildman–Crippen MR) is 81.7 cm³/mol. The molecule has 1 aliphatic heterocycles. The first-order valence-electron chi connectivity index (χ1n) is 6.50. The van der Waals surface area contributed by atoms with E-state index >= 15 is 0 Å². The number of hydrogen-bond acceptors (Lipinski definition) is 6. The second-order valence-corrected chi connectivity index (χ2v) is 7.73. The minimum Gasteiger partial charge on any atom is -0.478 e. The van der Waals surface area contributed by atoms with Crippen molar-refractivity contribution in [3.05, 3.63) is 40.5 Å². The molecule has 0 bridgehead atoms. The summed E-state index contributed by atoms with van der Waals surface area (Å²) in [5.74, 6) is -1.22. The highest BCUT2D eigenvalue weighted by Crippen LogP contribution is 2.35. The van der Waals surface area contributed by atoms with Crippen LogP contribution in [0.1, 0.15) is 20.8 Å². The van der Waals surface area contributed by atoms with Crippen LogP contribution >= 0.6 is 11.3 Å². The summed E-state index contributed by atoms with van der Waals surface area (Å²) in [4.78, 5) is 16.1. The van der Waals surface area contributed by atoms with E-state index in [-0.39, 0.29) is 9.77 Å². The van der Waals surface area contributed by atoms with E-state index in [4.69, 9.17) is 0 Å². The molecule has 3 rings (SSSR count). The third-order valence-corrected chi connectivity index (χ3v) is 6.40. The van der Waals surface area contributed by atoms with E-state index in [1.54, 1.807) is 12.1 Å². The summed E-state index contributed by atoms with van der Waals surface area (Å²) in [6.45, 7) is 1.13. The van der Waals surface area contributed by atoms with Crippen LogP contribution in [-0.4, -0.2) is 31.0 Å². The maximum Gasteiger partial charge on any atom is 0.338 e. The number of hydrogen-bond donors (Lipinski definition) is 3. The number of fused-ring (bicyclic) bond motifs is 1. The van der Waals surface area contributed by atoms with Crippen LogP contribution in [0.25, 0.3) is 0 Å². The van der Waals surface area contributed by atoms with Crippen LogP contribution in [0.15, 0.2) is 28.7 Å². The molecule has 0 fully saturated rings. The molecule has 0 radical (unpaired) electrons. The van der Waals surface area contributed by atoms with Crippen molar-refractivity contribution >= 4 is 33.0 Å². The smallest absolute Gasteiger partial charge is 0.338 e. The Bertz CT molecular complexity index is 815. The second kappa shape index (κ2) is 5.67. The number of thiophene rings is 1. The summed E-state index contributed by atoms with van der Waals surface area (Å²) < 4.78 is 27.3. The minimum atomic E-state index is -3.96. The molecule has 116 valence electrons. The first-order chi connectivity index (χ1) is 10.5. The second-order valence-electron chi connectivity index (χ2n) is 4.75. The van der Waals surface area contributed by atoms with Crippen molar-refractivity contribution in [2.24, 2.45) is 0 Å². The number of carboxylic acids is 1. The Hall–Kier alpha value is -1.97. The van der Waals surface area contributed by atoms with E-state index in [2.05, 4.69) is 15.0 Å². The lowest BCUT2D eigenvalue weighted by atomic mass is 10.1. The van der Waals surface area contributed by atoms with E-state index in [1.807, 2.05) is 0 Å². The van der Waals surface area contributed by atoms with E-state index in [1.165, 1.54) is 12.4 Å². The zero-order valence-corrected chi connectivity index (χ0v) is 13.0. The van der Waals surface area contributed by atoms with E-state index in [0.717, 1.165) is 16.2 Å². The highest BCUT2D eigenvalue weighted by molar-refractivity contribution is 7.94. The molecule has 0 aliphatic carbocycles.